The van der Waals surface area contributed by atoms with Crippen LogP contribution in [0.15, 0.2) is 5.38 Å². The van der Waals surface area contributed by atoms with Crippen LogP contribution in [0.3, 0.4) is 0 Å². The molecule has 0 unspecified atom stereocenters. The quantitative estimate of drug-likeness (QED) is 0.738. The Bertz CT molecular complexity index is 300. The van der Waals surface area contributed by atoms with Crippen LogP contribution in [0.25, 0.3) is 0 Å². The van der Waals surface area contributed by atoms with Gasteiger partial charge in [0.1, 0.15) is 0 Å². The summed E-state index contributed by atoms with van der Waals surface area (Å²) in [6, 6.07) is 2.12. The highest BCUT2D eigenvalue weighted by atomic mass is 32.1. The molecule has 4 heteroatoms. The summed E-state index contributed by atoms with van der Waals surface area (Å²) in [4.78, 5) is 6.44. The first-order valence-corrected chi connectivity index (χ1v) is 5.18. The molecule has 1 aromatic heterocycles. The fourth-order valence-electron chi connectivity index (χ4n) is 0.947. The number of aromatic nitrogens is 1. The number of nitrogens with zero attached hydrogens (tertiary/aromatic N) is 3. The van der Waals surface area contributed by atoms with Crippen molar-refractivity contribution in [3.63, 3.8) is 0 Å². The van der Waals surface area contributed by atoms with Crippen LogP contribution < -0.4 is 4.90 Å². The summed E-state index contributed by atoms with van der Waals surface area (Å²) < 4.78 is 0. The molecule has 0 aromatic carbocycles. The maximum absolute atomic E-state index is 8.42. The van der Waals surface area contributed by atoms with E-state index in [0.717, 1.165) is 23.8 Å². The lowest BCUT2D eigenvalue weighted by Gasteiger charge is -2.12. The molecule has 13 heavy (non-hydrogen) atoms. The van der Waals surface area contributed by atoms with Crippen LogP contribution in [0.2, 0.25) is 0 Å². The Morgan fingerprint density at radius 3 is 3.00 bits per heavy atom. The Morgan fingerprint density at radius 1 is 1.69 bits per heavy atom. The van der Waals surface area contributed by atoms with Gasteiger partial charge in [-0.25, -0.2) is 4.98 Å². The predicted octanol–water partition coefficient (Wildman–Crippen LogP) is 2.06. The van der Waals surface area contributed by atoms with Gasteiger partial charge in [0.25, 0.3) is 0 Å². The minimum Gasteiger partial charge on any atom is -0.350 e. The van der Waals surface area contributed by atoms with E-state index in [1.807, 2.05) is 11.9 Å². The van der Waals surface area contributed by atoms with Gasteiger partial charge in [0.2, 0.25) is 0 Å². The van der Waals surface area contributed by atoms with Crippen LogP contribution in [0, 0.1) is 11.3 Å². The third-order valence-corrected chi connectivity index (χ3v) is 2.79. The zero-order chi connectivity index (χ0) is 9.68. The average Bonchev–Trinajstić information content (AvgIpc) is 2.62. The van der Waals surface area contributed by atoms with Gasteiger partial charge >= 0.3 is 0 Å². The molecule has 0 amide bonds. The highest BCUT2D eigenvalue weighted by Gasteiger charge is 2.04. The highest BCUT2D eigenvalue weighted by Crippen LogP contribution is 2.19. The maximum Gasteiger partial charge on any atom is 0.185 e. The molecule has 70 valence electrons. The van der Waals surface area contributed by atoms with Gasteiger partial charge in [-0.2, -0.15) is 5.26 Å². The largest absolute Gasteiger partial charge is 0.350 e. The van der Waals surface area contributed by atoms with Crippen LogP contribution >= 0.6 is 11.3 Å². The summed E-state index contributed by atoms with van der Waals surface area (Å²) in [5, 5.41) is 11.5. The predicted molar refractivity (Wildman–Crippen MR) is 55.0 cm³/mol. The van der Waals surface area contributed by atoms with Crippen molar-refractivity contribution < 1.29 is 0 Å². The third-order valence-electron chi connectivity index (χ3n) is 1.79. The number of nitriles is 1. The summed E-state index contributed by atoms with van der Waals surface area (Å²) in [6.45, 7) is 2.85. The minimum atomic E-state index is 0.553. The van der Waals surface area contributed by atoms with Crippen molar-refractivity contribution in [3.8, 4) is 6.07 Å². The van der Waals surface area contributed by atoms with Gasteiger partial charge in [-0.3, -0.25) is 0 Å². The van der Waals surface area contributed by atoms with Crippen molar-refractivity contribution in [2.24, 2.45) is 0 Å². The molecule has 0 aliphatic carbocycles. The summed E-state index contributed by atoms with van der Waals surface area (Å²) in [6.07, 6.45) is 1.53. The molecule has 0 aliphatic rings. The molecule has 0 saturated heterocycles. The molecule has 1 aromatic rings. The Hall–Kier alpha value is -1.08. The van der Waals surface area contributed by atoms with Crippen LogP contribution in [0.5, 0.6) is 0 Å². The Kier molecular flexibility index (Phi) is 3.71. The summed E-state index contributed by atoms with van der Waals surface area (Å²) >= 11 is 1.64. The Balaban J connectivity index is 2.56. The van der Waals surface area contributed by atoms with E-state index in [0.29, 0.717) is 6.42 Å². The van der Waals surface area contributed by atoms with Crippen LogP contribution in [-0.2, 0) is 6.42 Å². The zero-order valence-corrected chi connectivity index (χ0v) is 8.77. The van der Waals surface area contributed by atoms with Gasteiger partial charge in [-0.05, 0) is 6.42 Å². The normalized spacial score (nSPS) is 9.62. The standard InChI is InChI=1S/C9H13N3S/c1-3-8-7-13-9(11-8)12(2)6-4-5-10/h7H,3-4,6H2,1-2H3. The van der Waals surface area contributed by atoms with E-state index in [9.17, 15) is 0 Å². The van der Waals surface area contributed by atoms with Gasteiger partial charge in [0, 0.05) is 19.0 Å². The molecule has 0 atom stereocenters. The van der Waals surface area contributed by atoms with Crippen molar-refractivity contribution in [2.75, 3.05) is 18.5 Å². The molecule has 0 N–H and O–H groups in total. The molecule has 0 radical (unpaired) electrons. The Morgan fingerprint density at radius 2 is 2.46 bits per heavy atom. The molecule has 0 saturated carbocycles. The lowest BCUT2D eigenvalue weighted by molar-refractivity contribution is 0.891. The van der Waals surface area contributed by atoms with E-state index in [4.69, 9.17) is 5.26 Å². The van der Waals surface area contributed by atoms with Gasteiger partial charge in [-0.1, -0.05) is 6.92 Å². The minimum absolute atomic E-state index is 0.553. The number of thiazole rings is 1. The fourth-order valence-corrected chi connectivity index (χ4v) is 1.85. The summed E-state index contributed by atoms with van der Waals surface area (Å²) in [7, 11) is 1.97. The molecule has 1 heterocycles. The zero-order valence-electron chi connectivity index (χ0n) is 7.95. The second-order valence-corrected chi connectivity index (χ2v) is 3.64. The topological polar surface area (TPSA) is 39.9 Å². The summed E-state index contributed by atoms with van der Waals surface area (Å²) in [5.74, 6) is 0. The van der Waals surface area contributed by atoms with Crippen LogP contribution in [-0.4, -0.2) is 18.6 Å². The van der Waals surface area contributed by atoms with Crippen LogP contribution in [0.4, 0.5) is 5.13 Å². The molecule has 1 rings (SSSR count). The number of anilines is 1. The highest BCUT2D eigenvalue weighted by molar-refractivity contribution is 7.13. The van der Waals surface area contributed by atoms with E-state index in [2.05, 4.69) is 23.4 Å². The van der Waals surface area contributed by atoms with E-state index < -0.39 is 0 Å². The number of aryl methyl sites for hydroxylation is 1. The molecule has 0 spiro atoms. The SMILES string of the molecule is CCc1csc(N(C)CCC#N)n1. The number of rotatable bonds is 4. The van der Waals surface area contributed by atoms with Crippen molar-refractivity contribution >= 4 is 16.5 Å². The average molecular weight is 195 g/mol. The van der Waals surface area contributed by atoms with Crippen molar-refractivity contribution in [1.29, 1.82) is 5.26 Å². The van der Waals surface area contributed by atoms with Crippen molar-refractivity contribution in [1.82, 2.24) is 4.98 Å². The van der Waals surface area contributed by atoms with E-state index >= 15 is 0 Å². The lowest BCUT2D eigenvalue weighted by atomic mass is 10.4. The van der Waals surface area contributed by atoms with Crippen molar-refractivity contribution in [3.05, 3.63) is 11.1 Å². The van der Waals surface area contributed by atoms with E-state index in [1.54, 1.807) is 11.3 Å². The second kappa shape index (κ2) is 4.83. The van der Waals surface area contributed by atoms with Crippen LogP contribution in [0.1, 0.15) is 19.0 Å². The number of hydrogen-bond acceptors (Lipinski definition) is 4. The van der Waals surface area contributed by atoms with E-state index in [-0.39, 0.29) is 0 Å². The fraction of sp³-hybridized carbons (Fsp3) is 0.556. The summed E-state index contributed by atoms with van der Waals surface area (Å²) in [5.41, 5.74) is 1.13. The smallest absolute Gasteiger partial charge is 0.185 e. The molecular formula is C9H13N3S. The lowest BCUT2D eigenvalue weighted by Crippen LogP contribution is -2.17. The first-order valence-electron chi connectivity index (χ1n) is 4.30. The van der Waals surface area contributed by atoms with Gasteiger partial charge < -0.3 is 4.90 Å². The molecule has 0 fully saturated rings. The maximum atomic E-state index is 8.42. The van der Waals surface area contributed by atoms with Gasteiger partial charge in [0.05, 0.1) is 18.2 Å². The third kappa shape index (κ3) is 2.71. The van der Waals surface area contributed by atoms with Gasteiger partial charge in [0.15, 0.2) is 5.13 Å². The molecule has 3 nitrogen and oxygen atoms in total. The van der Waals surface area contributed by atoms with Gasteiger partial charge in [-0.15, -0.1) is 11.3 Å². The molecule has 0 aliphatic heterocycles. The first kappa shape index (κ1) is 10.0. The Labute approximate surface area is 82.6 Å². The van der Waals surface area contributed by atoms with Crippen molar-refractivity contribution in [2.45, 2.75) is 19.8 Å². The molecule has 0 bridgehead atoms. The van der Waals surface area contributed by atoms with E-state index in [1.165, 1.54) is 0 Å². The molecular weight excluding hydrogens is 182 g/mol. The second-order valence-electron chi connectivity index (χ2n) is 2.80. The first-order chi connectivity index (χ1) is 6.27. The monoisotopic (exact) mass is 195 g/mol. The number of hydrogen-bond donors (Lipinski definition) is 0.